The molecule has 0 aromatic heterocycles. The fourth-order valence-electron chi connectivity index (χ4n) is 10.7. The quantitative estimate of drug-likeness (QED) is 0.286. The standard InChI is InChI=1S/C33H59N3O3/c1-23(7-10-30(39)35-17-16-34-15-6-20-36-18-4-5-19-36)26-8-9-27-31-28(12-14-33(26,27)3)32(2)13-11-25(37)21-24(32)22-29(31)38/h23-29,31,34,37-38H,4-22H2,1-3H3,(H,35,39)/t23-,24+,25-,26-,27+,28+,29+,31+,32+,33-/m1/s1. The van der Waals surface area contributed by atoms with Crippen LogP contribution in [0.25, 0.3) is 0 Å². The molecule has 4 aliphatic carbocycles. The molecule has 5 aliphatic rings. The Morgan fingerprint density at radius 2 is 1.69 bits per heavy atom. The number of likely N-dealkylation sites (tertiary alicyclic amines) is 1. The number of hydrogen-bond acceptors (Lipinski definition) is 5. The van der Waals surface area contributed by atoms with Gasteiger partial charge in [0.25, 0.3) is 0 Å². The number of nitrogens with zero attached hydrogens (tertiary/aromatic N) is 1. The van der Waals surface area contributed by atoms with Gasteiger partial charge in [0.15, 0.2) is 0 Å². The molecule has 39 heavy (non-hydrogen) atoms. The molecule has 1 heterocycles. The van der Waals surface area contributed by atoms with Gasteiger partial charge in [-0.1, -0.05) is 20.8 Å². The first-order chi connectivity index (χ1) is 18.7. The highest BCUT2D eigenvalue weighted by Crippen LogP contribution is 2.68. The van der Waals surface area contributed by atoms with Crippen molar-refractivity contribution < 1.29 is 15.0 Å². The van der Waals surface area contributed by atoms with E-state index in [2.05, 4.69) is 36.3 Å². The SMILES string of the molecule is C[C@H](CCC(=O)NCCNCCCN1CCCC1)[C@H]1CC[C@H]2[C@@H]3[C@@H](O)C[C@@H]4C[C@H](O)CC[C@]4(C)[C@H]3CC[C@]12C. The molecule has 0 radical (unpaired) electrons. The molecule has 10 atom stereocenters. The number of rotatable bonds is 11. The van der Waals surface area contributed by atoms with Crippen molar-refractivity contribution >= 4 is 5.91 Å². The van der Waals surface area contributed by atoms with Gasteiger partial charge in [-0.15, -0.1) is 0 Å². The Bertz CT molecular complexity index is 818. The Balaban J connectivity index is 1.05. The largest absolute Gasteiger partial charge is 0.393 e. The van der Waals surface area contributed by atoms with Crippen LogP contribution in [0.15, 0.2) is 0 Å². The fraction of sp³-hybridized carbons (Fsp3) is 0.970. The zero-order chi connectivity index (χ0) is 27.6. The summed E-state index contributed by atoms with van der Waals surface area (Å²) in [5, 5.41) is 28.4. The topological polar surface area (TPSA) is 84.8 Å². The van der Waals surface area contributed by atoms with Crippen LogP contribution < -0.4 is 10.6 Å². The van der Waals surface area contributed by atoms with Crippen molar-refractivity contribution in [1.29, 1.82) is 0 Å². The Hall–Kier alpha value is -0.690. The second-order valence-electron chi connectivity index (χ2n) is 15.0. The van der Waals surface area contributed by atoms with Gasteiger partial charge in [-0.25, -0.2) is 0 Å². The van der Waals surface area contributed by atoms with Gasteiger partial charge in [0.1, 0.15) is 0 Å². The van der Waals surface area contributed by atoms with E-state index in [4.69, 9.17) is 0 Å². The van der Waals surface area contributed by atoms with E-state index >= 15 is 0 Å². The van der Waals surface area contributed by atoms with E-state index in [1.165, 1.54) is 64.6 Å². The lowest BCUT2D eigenvalue weighted by Crippen LogP contribution is -2.58. The Morgan fingerprint density at radius 1 is 0.949 bits per heavy atom. The minimum atomic E-state index is -0.211. The minimum absolute atomic E-state index is 0.171. The molecule has 1 amide bonds. The predicted octanol–water partition coefficient (Wildman–Crippen LogP) is 4.59. The van der Waals surface area contributed by atoms with Gasteiger partial charge in [-0.05, 0) is 150 Å². The zero-order valence-electron chi connectivity index (χ0n) is 25.3. The third kappa shape index (κ3) is 6.24. The highest BCUT2D eigenvalue weighted by Gasteiger charge is 2.62. The monoisotopic (exact) mass is 545 g/mol. The zero-order valence-corrected chi connectivity index (χ0v) is 25.3. The van der Waals surface area contributed by atoms with E-state index in [1.54, 1.807) is 0 Å². The average Bonchev–Trinajstić information content (AvgIpc) is 3.55. The number of amides is 1. The number of hydrogen-bond donors (Lipinski definition) is 4. The van der Waals surface area contributed by atoms with Crippen molar-refractivity contribution in [2.75, 3.05) is 39.3 Å². The van der Waals surface area contributed by atoms with Crippen molar-refractivity contribution in [3.05, 3.63) is 0 Å². The molecule has 6 heteroatoms. The molecule has 4 saturated carbocycles. The molecule has 0 aromatic carbocycles. The summed E-state index contributed by atoms with van der Waals surface area (Å²) < 4.78 is 0. The normalized spacial score (nSPS) is 42.9. The summed E-state index contributed by atoms with van der Waals surface area (Å²) in [6.07, 6.45) is 13.9. The summed E-state index contributed by atoms with van der Waals surface area (Å²) in [6.45, 7) is 13.7. The van der Waals surface area contributed by atoms with E-state index in [-0.39, 0.29) is 28.9 Å². The van der Waals surface area contributed by atoms with Crippen LogP contribution >= 0.6 is 0 Å². The molecular formula is C33H59N3O3. The Morgan fingerprint density at radius 3 is 2.49 bits per heavy atom. The van der Waals surface area contributed by atoms with Crippen LogP contribution in [0.2, 0.25) is 0 Å². The molecule has 1 saturated heterocycles. The third-order valence-electron chi connectivity index (χ3n) is 12.9. The molecule has 0 unspecified atom stereocenters. The lowest BCUT2D eigenvalue weighted by Gasteiger charge is -2.62. The first-order valence-corrected chi connectivity index (χ1v) is 16.8. The van der Waals surface area contributed by atoms with Crippen molar-refractivity contribution in [3.8, 4) is 0 Å². The van der Waals surface area contributed by atoms with Crippen LogP contribution in [-0.2, 0) is 4.79 Å². The molecule has 0 spiro atoms. The molecule has 5 fully saturated rings. The summed E-state index contributed by atoms with van der Waals surface area (Å²) >= 11 is 0. The van der Waals surface area contributed by atoms with Crippen molar-refractivity contribution in [2.45, 2.75) is 116 Å². The maximum atomic E-state index is 12.6. The minimum Gasteiger partial charge on any atom is -0.393 e. The summed E-state index contributed by atoms with van der Waals surface area (Å²) in [7, 11) is 0. The summed E-state index contributed by atoms with van der Waals surface area (Å²) in [5.74, 6) is 3.49. The molecule has 6 nitrogen and oxygen atoms in total. The first kappa shape index (κ1) is 29.8. The van der Waals surface area contributed by atoms with E-state index in [9.17, 15) is 15.0 Å². The van der Waals surface area contributed by atoms with Gasteiger partial charge >= 0.3 is 0 Å². The van der Waals surface area contributed by atoms with E-state index in [0.717, 1.165) is 51.7 Å². The van der Waals surface area contributed by atoms with Crippen LogP contribution in [0.5, 0.6) is 0 Å². The summed E-state index contributed by atoms with van der Waals surface area (Å²) in [5.41, 5.74) is 0.573. The van der Waals surface area contributed by atoms with Gasteiger partial charge in [0.05, 0.1) is 12.2 Å². The second-order valence-corrected chi connectivity index (χ2v) is 15.0. The summed E-state index contributed by atoms with van der Waals surface area (Å²) in [6, 6.07) is 0. The highest BCUT2D eigenvalue weighted by molar-refractivity contribution is 5.75. The number of fused-ring (bicyclic) bond motifs is 5. The van der Waals surface area contributed by atoms with E-state index in [0.29, 0.717) is 41.9 Å². The maximum Gasteiger partial charge on any atom is 0.220 e. The Kier molecular flexibility index (Phi) is 9.68. The fourth-order valence-corrected chi connectivity index (χ4v) is 10.7. The smallest absolute Gasteiger partial charge is 0.220 e. The molecule has 4 N–H and O–H groups in total. The van der Waals surface area contributed by atoms with E-state index in [1.807, 2.05) is 0 Å². The third-order valence-corrected chi connectivity index (χ3v) is 12.9. The number of carbonyl (C=O) groups excluding carboxylic acids is 1. The first-order valence-electron chi connectivity index (χ1n) is 16.8. The number of aliphatic hydroxyl groups excluding tert-OH is 2. The molecule has 0 bridgehead atoms. The number of carbonyl (C=O) groups is 1. The van der Waals surface area contributed by atoms with Crippen molar-refractivity contribution in [3.63, 3.8) is 0 Å². The lowest BCUT2D eigenvalue weighted by atomic mass is 9.43. The van der Waals surface area contributed by atoms with Gasteiger partial charge in [0, 0.05) is 19.5 Å². The van der Waals surface area contributed by atoms with Gasteiger partial charge in [-0.2, -0.15) is 0 Å². The second kappa shape index (κ2) is 12.7. The molecular weight excluding hydrogens is 486 g/mol. The molecule has 5 rings (SSSR count). The van der Waals surface area contributed by atoms with Gasteiger partial charge < -0.3 is 25.7 Å². The molecule has 1 aliphatic heterocycles. The van der Waals surface area contributed by atoms with Crippen LogP contribution in [0.3, 0.4) is 0 Å². The predicted molar refractivity (Wildman–Crippen MR) is 157 cm³/mol. The van der Waals surface area contributed by atoms with Crippen LogP contribution in [0.4, 0.5) is 0 Å². The van der Waals surface area contributed by atoms with Crippen molar-refractivity contribution in [1.82, 2.24) is 15.5 Å². The van der Waals surface area contributed by atoms with Gasteiger partial charge in [-0.3, -0.25) is 4.79 Å². The summed E-state index contributed by atoms with van der Waals surface area (Å²) in [4.78, 5) is 15.2. The lowest BCUT2D eigenvalue weighted by molar-refractivity contribution is -0.174. The van der Waals surface area contributed by atoms with Gasteiger partial charge in [0.2, 0.25) is 5.91 Å². The average molecular weight is 546 g/mol. The van der Waals surface area contributed by atoms with E-state index < -0.39 is 0 Å². The number of aliphatic hydroxyl groups is 2. The highest BCUT2D eigenvalue weighted by atomic mass is 16.3. The van der Waals surface area contributed by atoms with Crippen LogP contribution in [-0.4, -0.2) is 72.5 Å². The van der Waals surface area contributed by atoms with Crippen LogP contribution in [0, 0.1) is 46.3 Å². The van der Waals surface area contributed by atoms with Crippen LogP contribution in [0.1, 0.15) is 104 Å². The van der Waals surface area contributed by atoms with Crippen molar-refractivity contribution in [2.24, 2.45) is 46.3 Å². The number of nitrogens with one attached hydrogen (secondary N) is 2. The Labute approximate surface area is 238 Å². The molecule has 224 valence electrons. The maximum absolute atomic E-state index is 12.6. The molecule has 0 aromatic rings.